The van der Waals surface area contributed by atoms with Crippen molar-refractivity contribution < 1.29 is 9.18 Å². The van der Waals surface area contributed by atoms with Crippen molar-refractivity contribution in [2.75, 3.05) is 0 Å². The molecule has 0 aliphatic carbocycles. The molecule has 1 heterocycles. The molecule has 68 valence electrons. The number of halogens is 1. The van der Waals surface area contributed by atoms with Gasteiger partial charge in [-0.2, -0.15) is 0 Å². The molecule has 2 nitrogen and oxygen atoms in total. The Labute approximate surface area is 75.8 Å². The zero-order chi connectivity index (χ0) is 9.42. The van der Waals surface area contributed by atoms with E-state index in [-0.39, 0.29) is 11.7 Å². The molecule has 0 spiro atoms. The molecule has 1 aromatic carbocycles. The summed E-state index contributed by atoms with van der Waals surface area (Å²) in [4.78, 5) is 11.1. The third kappa shape index (κ3) is 1.20. The van der Waals surface area contributed by atoms with Crippen molar-refractivity contribution >= 4 is 5.91 Å². The molecular weight excluding hydrogens is 169 g/mol. The lowest BCUT2D eigenvalue weighted by Gasteiger charge is -2.01. The molecule has 0 saturated carbocycles. The van der Waals surface area contributed by atoms with Gasteiger partial charge in [0.25, 0.3) is 5.91 Å². The Kier molecular flexibility index (Phi) is 1.79. The van der Waals surface area contributed by atoms with Crippen LogP contribution in [0.1, 0.15) is 28.4 Å². The topological polar surface area (TPSA) is 29.1 Å². The minimum absolute atomic E-state index is 0.170. The van der Waals surface area contributed by atoms with Gasteiger partial charge in [-0.3, -0.25) is 4.79 Å². The highest BCUT2D eigenvalue weighted by molar-refractivity contribution is 5.98. The van der Waals surface area contributed by atoms with Gasteiger partial charge in [0.1, 0.15) is 5.82 Å². The SMILES string of the molecule is CCc1cc2c(cc1F)C(=O)NC2. The molecule has 0 atom stereocenters. The minimum atomic E-state index is -0.279. The molecule has 0 unspecified atom stereocenters. The van der Waals surface area contributed by atoms with Crippen LogP contribution in [0.2, 0.25) is 0 Å². The fourth-order valence-electron chi connectivity index (χ4n) is 1.57. The second-order valence-corrected chi connectivity index (χ2v) is 3.14. The van der Waals surface area contributed by atoms with Gasteiger partial charge >= 0.3 is 0 Å². The Hall–Kier alpha value is -1.38. The molecule has 0 radical (unpaired) electrons. The summed E-state index contributed by atoms with van der Waals surface area (Å²) in [5, 5.41) is 2.66. The number of nitrogens with one attached hydrogen (secondary N) is 1. The van der Waals surface area contributed by atoms with E-state index < -0.39 is 0 Å². The summed E-state index contributed by atoms with van der Waals surface area (Å²) in [7, 11) is 0. The lowest BCUT2D eigenvalue weighted by Crippen LogP contribution is -2.12. The molecule has 1 amide bonds. The van der Waals surface area contributed by atoms with Crippen molar-refractivity contribution in [1.82, 2.24) is 5.32 Å². The third-order valence-corrected chi connectivity index (χ3v) is 2.34. The molecule has 13 heavy (non-hydrogen) atoms. The van der Waals surface area contributed by atoms with Crippen LogP contribution in [-0.2, 0) is 13.0 Å². The van der Waals surface area contributed by atoms with Gasteiger partial charge in [0.15, 0.2) is 0 Å². The van der Waals surface area contributed by atoms with Crippen LogP contribution in [0.3, 0.4) is 0 Å². The zero-order valence-corrected chi connectivity index (χ0v) is 7.36. The smallest absolute Gasteiger partial charge is 0.252 e. The first-order valence-corrected chi connectivity index (χ1v) is 4.32. The highest BCUT2D eigenvalue weighted by Crippen LogP contribution is 2.20. The van der Waals surface area contributed by atoms with Gasteiger partial charge in [-0.15, -0.1) is 0 Å². The van der Waals surface area contributed by atoms with E-state index in [1.54, 1.807) is 6.07 Å². The largest absolute Gasteiger partial charge is 0.348 e. The Morgan fingerprint density at radius 2 is 2.31 bits per heavy atom. The predicted octanol–water partition coefficient (Wildman–Crippen LogP) is 1.63. The maximum Gasteiger partial charge on any atom is 0.252 e. The van der Waals surface area contributed by atoms with Crippen molar-refractivity contribution in [3.05, 3.63) is 34.6 Å². The van der Waals surface area contributed by atoms with Crippen molar-refractivity contribution in [2.45, 2.75) is 19.9 Å². The number of hydrogen-bond acceptors (Lipinski definition) is 1. The molecule has 0 fully saturated rings. The summed E-state index contributed by atoms with van der Waals surface area (Å²) in [6, 6.07) is 3.10. The maximum absolute atomic E-state index is 13.2. The van der Waals surface area contributed by atoms with E-state index in [4.69, 9.17) is 0 Å². The average Bonchev–Trinajstić information content (AvgIpc) is 2.47. The van der Waals surface area contributed by atoms with E-state index in [9.17, 15) is 9.18 Å². The van der Waals surface area contributed by atoms with E-state index in [2.05, 4.69) is 5.32 Å². The van der Waals surface area contributed by atoms with Crippen LogP contribution < -0.4 is 5.32 Å². The number of carbonyl (C=O) groups excluding carboxylic acids is 1. The fraction of sp³-hybridized carbons (Fsp3) is 0.300. The van der Waals surface area contributed by atoms with E-state index in [1.807, 2.05) is 6.92 Å². The number of aryl methyl sites for hydroxylation is 1. The van der Waals surface area contributed by atoms with E-state index in [0.29, 0.717) is 24.1 Å². The molecule has 1 aliphatic rings. The van der Waals surface area contributed by atoms with Gasteiger partial charge in [-0.1, -0.05) is 13.0 Å². The first-order valence-electron chi connectivity index (χ1n) is 4.32. The summed E-state index contributed by atoms with van der Waals surface area (Å²) in [6.07, 6.45) is 0.660. The van der Waals surface area contributed by atoms with Gasteiger partial charge in [0, 0.05) is 12.1 Å². The van der Waals surface area contributed by atoms with E-state index >= 15 is 0 Å². The number of fused-ring (bicyclic) bond motifs is 1. The van der Waals surface area contributed by atoms with Crippen LogP contribution in [0.15, 0.2) is 12.1 Å². The third-order valence-electron chi connectivity index (χ3n) is 2.34. The fourth-order valence-corrected chi connectivity index (χ4v) is 1.57. The van der Waals surface area contributed by atoms with E-state index in [0.717, 1.165) is 5.56 Å². The van der Waals surface area contributed by atoms with Gasteiger partial charge in [-0.05, 0) is 23.6 Å². The van der Waals surface area contributed by atoms with Crippen molar-refractivity contribution in [3.63, 3.8) is 0 Å². The quantitative estimate of drug-likeness (QED) is 0.697. The first kappa shape index (κ1) is 8.23. The average molecular weight is 179 g/mol. The van der Waals surface area contributed by atoms with E-state index in [1.165, 1.54) is 6.07 Å². The highest BCUT2D eigenvalue weighted by atomic mass is 19.1. The summed E-state index contributed by atoms with van der Waals surface area (Å²) in [5.41, 5.74) is 2.06. The number of benzene rings is 1. The van der Waals surface area contributed by atoms with Crippen LogP contribution in [0.25, 0.3) is 0 Å². The summed E-state index contributed by atoms with van der Waals surface area (Å²) in [5.74, 6) is -0.449. The Morgan fingerprint density at radius 3 is 3.00 bits per heavy atom. The second-order valence-electron chi connectivity index (χ2n) is 3.14. The predicted molar refractivity (Wildman–Crippen MR) is 46.9 cm³/mol. The van der Waals surface area contributed by atoms with Crippen molar-refractivity contribution in [2.24, 2.45) is 0 Å². The molecule has 1 N–H and O–H groups in total. The minimum Gasteiger partial charge on any atom is -0.348 e. The van der Waals surface area contributed by atoms with Crippen molar-refractivity contribution in [1.29, 1.82) is 0 Å². The standard InChI is InChI=1S/C10H10FNO/c1-2-6-3-7-5-12-10(13)8(7)4-9(6)11/h3-4H,2,5H2,1H3,(H,12,13). The first-order chi connectivity index (χ1) is 6.22. The molecule has 2 rings (SSSR count). The molecule has 1 aromatic rings. The highest BCUT2D eigenvalue weighted by Gasteiger charge is 2.20. The van der Waals surface area contributed by atoms with Gasteiger partial charge in [-0.25, -0.2) is 4.39 Å². The maximum atomic E-state index is 13.2. The number of rotatable bonds is 1. The Balaban J connectivity index is 2.56. The van der Waals surface area contributed by atoms with Gasteiger partial charge in [0.05, 0.1) is 0 Å². The molecule has 0 bridgehead atoms. The lowest BCUT2D eigenvalue weighted by atomic mass is 10.0. The molecular formula is C10H10FNO. The monoisotopic (exact) mass is 179 g/mol. The van der Waals surface area contributed by atoms with Crippen molar-refractivity contribution in [3.8, 4) is 0 Å². The van der Waals surface area contributed by atoms with Crippen LogP contribution >= 0.6 is 0 Å². The Morgan fingerprint density at radius 1 is 1.54 bits per heavy atom. The zero-order valence-electron chi connectivity index (χ0n) is 7.36. The lowest BCUT2D eigenvalue weighted by molar-refractivity contribution is 0.0965. The molecule has 0 saturated heterocycles. The summed E-state index contributed by atoms with van der Waals surface area (Å²) < 4.78 is 13.2. The molecule has 3 heteroatoms. The normalized spacial score (nSPS) is 14.2. The summed E-state index contributed by atoms with van der Waals surface area (Å²) >= 11 is 0. The van der Waals surface area contributed by atoms with Gasteiger partial charge in [0.2, 0.25) is 0 Å². The van der Waals surface area contributed by atoms with Gasteiger partial charge < -0.3 is 5.32 Å². The van der Waals surface area contributed by atoms with Crippen LogP contribution in [0.5, 0.6) is 0 Å². The van der Waals surface area contributed by atoms with Crippen LogP contribution in [0, 0.1) is 5.82 Å². The Bertz CT molecular complexity index is 373. The molecule has 0 aromatic heterocycles. The number of amides is 1. The van der Waals surface area contributed by atoms with Crippen LogP contribution in [-0.4, -0.2) is 5.91 Å². The second kappa shape index (κ2) is 2.83. The van der Waals surface area contributed by atoms with Crippen LogP contribution in [0.4, 0.5) is 4.39 Å². The molecule has 1 aliphatic heterocycles. The summed E-state index contributed by atoms with van der Waals surface area (Å²) in [6.45, 7) is 2.43. The number of carbonyl (C=O) groups is 1. The number of hydrogen-bond donors (Lipinski definition) is 1.